The highest BCUT2D eigenvalue weighted by molar-refractivity contribution is 6.21. The van der Waals surface area contributed by atoms with Gasteiger partial charge in [-0.3, -0.25) is 0 Å². The fraction of sp³-hybridized carbons (Fsp3) is 0.444. The van der Waals surface area contributed by atoms with Crippen LogP contribution in [0.25, 0.3) is 0 Å². The van der Waals surface area contributed by atoms with Crippen molar-refractivity contribution in [2.24, 2.45) is 0 Å². The first-order chi connectivity index (χ1) is 6.25. The van der Waals surface area contributed by atoms with E-state index in [1.165, 1.54) is 12.3 Å². The summed E-state index contributed by atoms with van der Waals surface area (Å²) >= 11 is 5.94. The molecule has 0 saturated carbocycles. The molecule has 0 amide bonds. The van der Waals surface area contributed by atoms with E-state index < -0.39 is 0 Å². The largest absolute Gasteiger partial charge is 0.355 e. The van der Waals surface area contributed by atoms with Crippen LogP contribution in [0.1, 0.15) is 6.42 Å². The van der Waals surface area contributed by atoms with Crippen LogP contribution < -0.4 is 4.90 Å². The van der Waals surface area contributed by atoms with Gasteiger partial charge < -0.3 is 4.90 Å². The number of rotatable bonds is 1. The Morgan fingerprint density at radius 1 is 1.54 bits per heavy atom. The Labute approximate surface area is 81.3 Å². The number of halogens is 2. The first-order valence-electron chi connectivity index (χ1n) is 4.26. The van der Waals surface area contributed by atoms with Crippen molar-refractivity contribution in [3.8, 4) is 0 Å². The summed E-state index contributed by atoms with van der Waals surface area (Å²) in [6, 6.07) is 3.11. The molecule has 0 bridgehead atoms. The lowest BCUT2D eigenvalue weighted by Crippen LogP contribution is -2.20. The molecule has 70 valence electrons. The molecule has 2 nitrogen and oxygen atoms in total. The van der Waals surface area contributed by atoms with Gasteiger partial charge in [0.05, 0.1) is 11.6 Å². The predicted octanol–water partition coefficient (Wildman–Crippen LogP) is 2.04. The molecule has 2 rings (SSSR count). The summed E-state index contributed by atoms with van der Waals surface area (Å²) in [7, 11) is 0. The van der Waals surface area contributed by atoms with Crippen LogP contribution in [0.15, 0.2) is 18.3 Å². The Kier molecular flexibility index (Phi) is 2.36. The molecular formula is C9H10ClFN2. The molecule has 1 aliphatic heterocycles. The van der Waals surface area contributed by atoms with Crippen molar-refractivity contribution >= 4 is 17.4 Å². The normalized spacial score (nSPS) is 22.3. The van der Waals surface area contributed by atoms with Crippen molar-refractivity contribution < 1.29 is 4.39 Å². The molecule has 0 radical (unpaired) electrons. The fourth-order valence-corrected chi connectivity index (χ4v) is 1.74. The summed E-state index contributed by atoms with van der Waals surface area (Å²) in [6.07, 6.45) is 2.21. The van der Waals surface area contributed by atoms with E-state index in [1.54, 1.807) is 6.07 Å². The maximum Gasteiger partial charge on any atom is 0.141 e. The molecule has 0 spiro atoms. The zero-order chi connectivity index (χ0) is 9.26. The van der Waals surface area contributed by atoms with Gasteiger partial charge in [0, 0.05) is 13.1 Å². The summed E-state index contributed by atoms with van der Waals surface area (Å²) in [5.74, 6) is 0.509. The average molecular weight is 201 g/mol. The average Bonchev–Trinajstić information content (AvgIpc) is 2.53. The van der Waals surface area contributed by atoms with Crippen molar-refractivity contribution in [3.05, 3.63) is 24.1 Å². The van der Waals surface area contributed by atoms with Crippen LogP contribution in [0.3, 0.4) is 0 Å². The molecule has 4 heteroatoms. The number of hydrogen-bond donors (Lipinski definition) is 0. The van der Waals surface area contributed by atoms with Crippen molar-refractivity contribution in [2.45, 2.75) is 11.8 Å². The molecule has 1 aromatic heterocycles. The minimum absolute atomic E-state index is 0.201. The lowest BCUT2D eigenvalue weighted by Gasteiger charge is -2.15. The highest BCUT2D eigenvalue weighted by atomic mass is 35.5. The smallest absolute Gasteiger partial charge is 0.141 e. The third-order valence-electron chi connectivity index (χ3n) is 2.17. The Morgan fingerprint density at radius 3 is 2.92 bits per heavy atom. The second kappa shape index (κ2) is 3.50. The van der Waals surface area contributed by atoms with Gasteiger partial charge in [0.15, 0.2) is 0 Å². The second-order valence-corrected chi connectivity index (χ2v) is 3.78. The van der Waals surface area contributed by atoms with E-state index in [4.69, 9.17) is 11.6 Å². The van der Waals surface area contributed by atoms with E-state index in [0.29, 0.717) is 0 Å². The van der Waals surface area contributed by atoms with Gasteiger partial charge in [0.1, 0.15) is 11.6 Å². The third-order valence-corrected chi connectivity index (χ3v) is 2.52. The lowest BCUT2D eigenvalue weighted by atomic mass is 10.4. The van der Waals surface area contributed by atoms with Crippen molar-refractivity contribution in [3.63, 3.8) is 0 Å². The predicted molar refractivity (Wildman–Crippen MR) is 50.7 cm³/mol. The van der Waals surface area contributed by atoms with Crippen LogP contribution in [0, 0.1) is 5.82 Å². The maximum absolute atomic E-state index is 12.5. The highest BCUT2D eigenvalue weighted by Gasteiger charge is 2.20. The summed E-state index contributed by atoms with van der Waals surface area (Å²) < 4.78 is 12.5. The first-order valence-corrected chi connectivity index (χ1v) is 4.70. The molecular weight excluding hydrogens is 191 g/mol. The van der Waals surface area contributed by atoms with Crippen molar-refractivity contribution in [2.75, 3.05) is 18.0 Å². The van der Waals surface area contributed by atoms with Gasteiger partial charge in [0.25, 0.3) is 0 Å². The van der Waals surface area contributed by atoms with Crippen LogP contribution >= 0.6 is 11.6 Å². The quantitative estimate of drug-likeness (QED) is 0.645. The van der Waals surface area contributed by atoms with Gasteiger partial charge in [-0.2, -0.15) is 0 Å². The monoisotopic (exact) mass is 200 g/mol. The van der Waals surface area contributed by atoms with Gasteiger partial charge in [-0.1, -0.05) is 0 Å². The van der Waals surface area contributed by atoms with E-state index in [-0.39, 0.29) is 11.2 Å². The zero-order valence-electron chi connectivity index (χ0n) is 7.08. The number of alkyl halides is 1. The third kappa shape index (κ3) is 1.91. The molecule has 13 heavy (non-hydrogen) atoms. The molecule has 1 aromatic rings. The second-order valence-electron chi connectivity index (χ2n) is 3.17. The van der Waals surface area contributed by atoms with E-state index in [2.05, 4.69) is 9.88 Å². The summed E-state index contributed by atoms with van der Waals surface area (Å²) in [5.41, 5.74) is 0. The van der Waals surface area contributed by atoms with Crippen LogP contribution in [0.2, 0.25) is 0 Å². The van der Waals surface area contributed by atoms with Crippen LogP contribution in [-0.4, -0.2) is 23.5 Å². The van der Waals surface area contributed by atoms with Crippen LogP contribution in [0.4, 0.5) is 10.2 Å². The fourth-order valence-electron chi connectivity index (χ4n) is 1.48. The molecule has 1 aliphatic rings. The highest BCUT2D eigenvalue weighted by Crippen LogP contribution is 2.20. The number of hydrogen-bond acceptors (Lipinski definition) is 2. The molecule has 0 N–H and O–H groups in total. The van der Waals surface area contributed by atoms with E-state index >= 15 is 0 Å². The SMILES string of the molecule is Fc1ccc(N2CCC(Cl)C2)nc1. The number of nitrogens with zero attached hydrogens (tertiary/aromatic N) is 2. The Bertz CT molecular complexity index is 288. The van der Waals surface area contributed by atoms with Gasteiger partial charge in [-0.15, -0.1) is 11.6 Å². The molecule has 2 heterocycles. The number of aromatic nitrogens is 1. The van der Waals surface area contributed by atoms with Crippen molar-refractivity contribution in [1.29, 1.82) is 0 Å². The van der Waals surface area contributed by atoms with Gasteiger partial charge in [-0.25, -0.2) is 9.37 Å². The number of anilines is 1. The molecule has 0 aromatic carbocycles. The van der Waals surface area contributed by atoms with E-state index in [0.717, 1.165) is 25.3 Å². The van der Waals surface area contributed by atoms with E-state index in [9.17, 15) is 4.39 Å². The van der Waals surface area contributed by atoms with Crippen molar-refractivity contribution in [1.82, 2.24) is 4.98 Å². The lowest BCUT2D eigenvalue weighted by molar-refractivity contribution is 0.621. The number of pyridine rings is 1. The zero-order valence-corrected chi connectivity index (χ0v) is 7.84. The first kappa shape index (κ1) is 8.75. The Balaban J connectivity index is 2.13. The topological polar surface area (TPSA) is 16.1 Å². The molecule has 1 atom stereocenters. The summed E-state index contributed by atoms with van der Waals surface area (Å²) in [6.45, 7) is 1.72. The summed E-state index contributed by atoms with van der Waals surface area (Å²) in [4.78, 5) is 6.05. The molecule has 1 fully saturated rings. The Morgan fingerprint density at radius 2 is 2.38 bits per heavy atom. The van der Waals surface area contributed by atoms with Crippen LogP contribution in [0.5, 0.6) is 0 Å². The van der Waals surface area contributed by atoms with E-state index in [1.807, 2.05) is 0 Å². The standard InChI is InChI=1S/C9H10ClFN2/c10-7-3-4-13(6-7)9-2-1-8(11)5-12-9/h1-2,5,7H,3-4,6H2. The molecule has 1 unspecified atom stereocenters. The van der Waals surface area contributed by atoms with Gasteiger partial charge in [0.2, 0.25) is 0 Å². The van der Waals surface area contributed by atoms with Gasteiger partial charge in [-0.05, 0) is 18.6 Å². The van der Waals surface area contributed by atoms with Gasteiger partial charge >= 0.3 is 0 Å². The van der Waals surface area contributed by atoms with Crippen LogP contribution in [-0.2, 0) is 0 Å². The molecule has 1 saturated heterocycles. The maximum atomic E-state index is 12.5. The minimum Gasteiger partial charge on any atom is -0.355 e. The molecule has 0 aliphatic carbocycles. The summed E-state index contributed by atoms with van der Waals surface area (Å²) in [5, 5.41) is 0.201. The Hall–Kier alpha value is -0.830. The minimum atomic E-state index is -0.301.